The molecule has 3 nitrogen and oxygen atoms in total. The summed E-state index contributed by atoms with van der Waals surface area (Å²) in [6, 6.07) is 5.40. The summed E-state index contributed by atoms with van der Waals surface area (Å²) >= 11 is 3.39. The van der Waals surface area contributed by atoms with Gasteiger partial charge < -0.3 is 9.15 Å². The van der Waals surface area contributed by atoms with Crippen molar-refractivity contribution in [2.45, 2.75) is 13.3 Å². The third kappa shape index (κ3) is 1.85. The number of fused-ring (bicyclic) bond motifs is 1. The normalized spacial score (nSPS) is 10.7. The van der Waals surface area contributed by atoms with Crippen LogP contribution >= 0.6 is 15.9 Å². The zero-order valence-electron chi connectivity index (χ0n) is 9.04. The summed E-state index contributed by atoms with van der Waals surface area (Å²) in [5.74, 6) is 1.13. The van der Waals surface area contributed by atoms with Crippen LogP contribution in [-0.4, -0.2) is 12.9 Å². The highest BCUT2D eigenvalue weighted by atomic mass is 79.9. The maximum absolute atomic E-state index is 11.5. The second-order valence-electron chi connectivity index (χ2n) is 3.41. The van der Waals surface area contributed by atoms with Crippen LogP contribution in [0, 0.1) is 0 Å². The van der Waals surface area contributed by atoms with E-state index in [-0.39, 0.29) is 5.78 Å². The largest absolute Gasteiger partial charge is 0.497 e. The molecule has 0 aliphatic rings. The monoisotopic (exact) mass is 282 g/mol. The third-order valence-electron chi connectivity index (χ3n) is 2.38. The maximum Gasteiger partial charge on any atom is 0.197 e. The number of furan rings is 1. The lowest BCUT2D eigenvalue weighted by molar-refractivity contribution is 0.0963. The van der Waals surface area contributed by atoms with Crippen molar-refractivity contribution in [2.24, 2.45) is 0 Å². The molecule has 1 heterocycles. The van der Waals surface area contributed by atoms with E-state index in [1.807, 2.05) is 19.1 Å². The Balaban J connectivity index is 2.61. The van der Waals surface area contributed by atoms with Gasteiger partial charge in [-0.3, -0.25) is 4.79 Å². The van der Waals surface area contributed by atoms with Crippen LogP contribution in [0.25, 0.3) is 11.0 Å². The van der Waals surface area contributed by atoms with Gasteiger partial charge in [0.05, 0.1) is 11.6 Å². The highest BCUT2D eigenvalue weighted by Gasteiger charge is 2.13. The van der Waals surface area contributed by atoms with E-state index in [9.17, 15) is 4.79 Å². The second-order valence-corrected chi connectivity index (χ2v) is 4.27. The van der Waals surface area contributed by atoms with Crippen molar-refractivity contribution in [1.82, 2.24) is 0 Å². The molecule has 0 fully saturated rings. The average molecular weight is 283 g/mol. The fourth-order valence-electron chi connectivity index (χ4n) is 1.51. The smallest absolute Gasteiger partial charge is 0.197 e. The van der Waals surface area contributed by atoms with Gasteiger partial charge in [-0.1, -0.05) is 6.92 Å². The van der Waals surface area contributed by atoms with E-state index in [1.54, 1.807) is 13.2 Å². The second kappa shape index (κ2) is 4.29. The molecule has 0 aliphatic carbocycles. The van der Waals surface area contributed by atoms with Crippen molar-refractivity contribution in [2.75, 3.05) is 7.11 Å². The lowest BCUT2D eigenvalue weighted by Gasteiger charge is -1.99. The number of hydrogen-bond donors (Lipinski definition) is 0. The van der Waals surface area contributed by atoms with Crippen LogP contribution in [0.1, 0.15) is 23.9 Å². The van der Waals surface area contributed by atoms with Crippen LogP contribution in [-0.2, 0) is 0 Å². The minimum Gasteiger partial charge on any atom is -0.497 e. The molecular formula is C12H11BrO3. The first-order valence-electron chi connectivity index (χ1n) is 4.96. The molecular weight excluding hydrogens is 272 g/mol. The molecule has 16 heavy (non-hydrogen) atoms. The molecule has 4 heteroatoms. The maximum atomic E-state index is 11.5. The Labute approximate surface area is 102 Å². The van der Waals surface area contributed by atoms with Crippen molar-refractivity contribution >= 4 is 32.7 Å². The Morgan fingerprint density at radius 3 is 2.81 bits per heavy atom. The summed E-state index contributed by atoms with van der Waals surface area (Å²) in [4.78, 5) is 11.5. The molecule has 84 valence electrons. The summed E-state index contributed by atoms with van der Waals surface area (Å²) in [6.07, 6.45) is 0.439. The topological polar surface area (TPSA) is 39.4 Å². The Morgan fingerprint density at radius 2 is 2.19 bits per heavy atom. The number of hydrogen-bond acceptors (Lipinski definition) is 3. The van der Waals surface area contributed by atoms with Gasteiger partial charge >= 0.3 is 0 Å². The van der Waals surface area contributed by atoms with Crippen LogP contribution in [0.15, 0.2) is 27.1 Å². The van der Waals surface area contributed by atoms with Gasteiger partial charge in [0.25, 0.3) is 0 Å². The van der Waals surface area contributed by atoms with Crippen molar-refractivity contribution in [3.05, 3.63) is 28.4 Å². The molecule has 0 atom stereocenters. The minimum absolute atomic E-state index is 0.00191. The molecule has 2 aromatic rings. The molecule has 1 aromatic heterocycles. The number of ketones is 1. The number of carbonyl (C=O) groups excluding carboxylic acids is 1. The van der Waals surface area contributed by atoms with E-state index in [4.69, 9.17) is 9.15 Å². The predicted octanol–water partition coefficient (Wildman–Crippen LogP) is 3.80. The summed E-state index contributed by atoms with van der Waals surface area (Å²) in [5.41, 5.74) is 0.678. The number of carbonyl (C=O) groups is 1. The Morgan fingerprint density at radius 1 is 1.44 bits per heavy atom. The first-order chi connectivity index (χ1) is 7.65. The molecule has 0 spiro atoms. The zero-order chi connectivity index (χ0) is 11.7. The fraction of sp³-hybridized carbons (Fsp3) is 0.250. The number of benzene rings is 1. The van der Waals surface area contributed by atoms with Gasteiger partial charge in [0.15, 0.2) is 11.5 Å². The van der Waals surface area contributed by atoms with Gasteiger partial charge in [0.2, 0.25) is 0 Å². The SMILES string of the molecule is CCC(=O)c1cc2cc(OC)cc(Br)c2o1. The van der Waals surface area contributed by atoms with E-state index in [0.717, 1.165) is 15.6 Å². The fourth-order valence-corrected chi connectivity index (χ4v) is 2.05. The van der Waals surface area contributed by atoms with Gasteiger partial charge in [-0.15, -0.1) is 0 Å². The first kappa shape index (κ1) is 11.2. The molecule has 0 radical (unpaired) electrons. The molecule has 1 aromatic carbocycles. The minimum atomic E-state index is 0.00191. The number of methoxy groups -OCH3 is 1. The van der Waals surface area contributed by atoms with E-state index in [2.05, 4.69) is 15.9 Å². The molecule has 0 N–H and O–H groups in total. The van der Waals surface area contributed by atoms with Gasteiger partial charge in [-0.2, -0.15) is 0 Å². The van der Waals surface area contributed by atoms with Gasteiger partial charge in [0, 0.05) is 11.8 Å². The molecule has 0 amide bonds. The molecule has 0 unspecified atom stereocenters. The van der Waals surface area contributed by atoms with Crippen LogP contribution in [0.2, 0.25) is 0 Å². The van der Waals surface area contributed by atoms with Crippen molar-refractivity contribution in [1.29, 1.82) is 0 Å². The summed E-state index contributed by atoms with van der Waals surface area (Å²) in [6.45, 7) is 1.81. The Bertz CT molecular complexity index is 542. The standard InChI is InChI=1S/C12H11BrO3/c1-3-10(14)11-5-7-4-8(15-2)6-9(13)12(7)16-11/h4-6H,3H2,1-2H3. The van der Waals surface area contributed by atoms with Gasteiger partial charge in [-0.25, -0.2) is 0 Å². The van der Waals surface area contributed by atoms with Crippen molar-refractivity contribution in [3.63, 3.8) is 0 Å². The third-order valence-corrected chi connectivity index (χ3v) is 2.97. The summed E-state index contributed by atoms with van der Waals surface area (Å²) < 4.78 is 11.4. The van der Waals surface area contributed by atoms with Crippen molar-refractivity contribution < 1.29 is 13.9 Å². The van der Waals surface area contributed by atoms with E-state index in [0.29, 0.717) is 17.8 Å². The summed E-state index contributed by atoms with van der Waals surface area (Å²) in [5, 5.41) is 0.864. The van der Waals surface area contributed by atoms with Crippen LogP contribution in [0.5, 0.6) is 5.75 Å². The van der Waals surface area contributed by atoms with Crippen LogP contribution in [0.4, 0.5) is 0 Å². The Hall–Kier alpha value is -1.29. The molecule has 0 saturated carbocycles. The highest BCUT2D eigenvalue weighted by Crippen LogP contribution is 2.32. The molecule has 0 aliphatic heterocycles. The molecule has 2 rings (SSSR count). The van der Waals surface area contributed by atoms with E-state index < -0.39 is 0 Å². The molecule has 0 bridgehead atoms. The number of ether oxygens (including phenoxy) is 1. The Kier molecular flexibility index (Phi) is 3.01. The quantitative estimate of drug-likeness (QED) is 0.804. The van der Waals surface area contributed by atoms with Crippen LogP contribution in [0.3, 0.4) is 0 Å². The lowest BCUT2D eigenvalue weighted by Crippen LogP contribution is -1.92. The number of halogens is 1. The average Bonchev–Trinajstić information content (AvgIpc) is 2.72. The first-order valence-corrected chi connectivity index (χ1v) is 5.75. The predicted molar refractivity (Wildman–Crippen MR) is 65.1 cm³/mol. The number of rotatable bonds is 3. The summed E-state index contributed by atoms with van der Waals surface area (Å²) in [7, 11) is 1.60. The van der Waals surface area contributed by atoms with E-state index in [1.165, 1.54) is 0 Å². The zero-order valence-corrected chi connectivity index (χ0v) is 10.6. The van der Waals surface area contributed by atoms with Gasteiger partial charge in [-0.05, 0) is 34.1 Å². The molecule has 0 saturated heterocycles. The number of Topliss-reactive ketones (excluding diaryl/α,β-unsaturated/α-hetero) is 1. The van der Waals surface area contributed by atoms with Crippen LogP contribution < -0.4 is 4.74 Å². The lowest BCUT2D eigenvalue weighted by atomic mass is 10.2. The van der Waals surface area contributed by atoms with Gasteiger partial charge in [0.1, 0.15) is 11.3 Å². The van der Waals surface area contributed by atoms with Crippen molar-refractivity contribution in [3.8, 4) is 5.75 Å². The van der Waals surface area contributed by atoms with E-state index >= 15 is 0 Å². The highest BCUT2D eigenvalue weighted by molar-refractivity contribution is 9.10.